The number of phenols is 1. The largest absolute Gasteiger partial charge is 0.508 e. The highest BCUT2D eigenvalue weighted by Crippen LogP contribution is 2.55. The number of thiophene rings is 1. The highest BCUT2D eigenvalue weighted by atomic mass is 32.1. The van der Waals surface area contributed by atoms with Crippen LogP contribution in [0.4, 0.5) is 0 Å². The van der Waals surface area contributed by atoms with Crippen molar-refractivity contribution < 1.29 is 24.3 Å². The van der Waals surface area contributed by atoms with Crippen LogP contribution < -0.4 is 0 Å². The lowest BCUT2D eigenvalue weighted by molar-refractivity contribution is -0.140. The number of benzene rings is 1. The maximum absolute atomic E-state index is 13.7. The number of aromatic hydroxyl groups is 1. The molecule has 4 atom stereocenters. The van der Waals surface area contributed by atoms with E-state index in [2.05, 4.69) is 0 Å². The van der Waals surface area contributed by atoms with Gasteiger partial charge in [-0.05, 0) is 67.3 Å². The molecule has 182 valence electrons. The molecule has 6 rings (SSSR count). The summed E-state index contributed by atoms with van der Waals surface area (Å²) in [7, 11) is 0. The van der Waals surface area contributed by atoms with Crippen LogP contribution in [0.5, 0.6) is 5.75 Å². The molecule has 1 aromatic carbocycles. The molecule has 7 heteroatoms. The Hall–Kier alpha value is -3.58. The van der Waals surface area contributed by atoms with Gasteiger partial charge in [-0.3, -0.25) is 24.1 Å². The predicted octanol–water partition coefficient (Wildman–Crippen LogP) is 4.39. The van der Waals surface area contributed by atoms with Crippen LogP contribution >= 0.6 is 11.3 Å². The third-order valence-corrected chi connectivity index (χ3v) is 8.96. The van der Waals surface area contributed by atoms with Gasteiger partial charge in [0.05, 0.1) is 18.4 Å². The molecular weight excluding hydrogens is 474 g/mol. The number of amides is 2. The summed E-state index contributed by atoms with van der Waals surface area (Å²) in [5.74, 6) is -2.40. The standard InChI is InChI=1S/C29H25NO5S/c1-14-10-16(5-8-22(14)31)24-18-6-7-19-25(29(35)30(28(19)34)13-17-4-3-9-36-17)20(18)12-21-26(24)23(32)11-15(2)27(21)33/h3-6,8-11,19-20,24-25,31H,7,12-13H2,1-2H3. The quantitative estimate of drug-likeness (QED) is 0.384. The molecule has 6 nitrogen and oxygen atoms in total. The summed E-state index contributed by atoms with van der Waals surface area (Å²) in [5.41, 5.74) is 3.70. The molecule has 1 fully saturated rings. The van der Waals surface area contributed by atoms with Crippen LogP contribution in [0.1, 0.15) is 41.7 Å². The number of likely N-dealkylation sites (tertiary alicyclic amines) is 1. The first-order valence-corrected chi connectivity index (χ1v) is 13.0. The molecule has 3 aliphatic carbocycles. The van der Waals surface area contributed by atoms with E-state index < -0.39 is 17.8 Å². The van der Waals surface area contributed by atoms with E-state index in [-0.39, 0.29) is 48.0 Å². The molecule has 4 aliphatic rings. The molecule has 1 aromatic heterocycles. The highest BCUT2D eigenvalue weighted by Gasteiger charge is 2.56. The predicted molar refractivity (Wildman–Crippen MR) is 134 cm³/mol. The van der Waals surface area contributed by atoms with E-state index in [0.29, 0.717) is 28.7 Å². The van der Waals surface area contributed by atoms with Crippen molar-refractivity contribution in [3.8, 4) is 5.75 Å². The number of carbonyl (C=O) groups is 4. The Balaban J connectivity index is 1.47. The van der Waals surface area contributed by atoms with Gasteiger partial charge >= 0.3 is 0 Å². The van der Waals surface area contributed by atoms with Crippen LogP contribution in [0.15, 0.2) is 70.2 Å². The molecule has 0 radical (unpaired) electrons. The second-order valence-electron chi connectivity index (χ2n) is 10.1. The summed E-state index contributed by atoms with van der Waals surface area (Å²) in [5, 5.41) is 12.0. The molecule has 0 saturated carbocycles. The second-order valence-corrected chi connectivity index (χ2v) is 11.1. The van der Waals surface area contributed by atoms with Gasteiger partial charge in [0.15, 0.2) is 11.6 Å². The number of imide groups is 1. The van der Waals surface area contributed by atoms with Gasteiger partial charge in [-0.25, -0.2) is 0 Å². The van der Waals surface area contributed by atoms with E-state index in [9.17, 15) is 24.3 Å². The van der Waals surface area contributed by atoms with E-state index >= 15 is 0 Å². The Morgan fingerprint density at radius 3 is 2.58 bits per heavy atom. The summed E-state index contributed by atoms with van der Waals surface area (Å²) >= 11 is 1.51. The number of hydrogen-bond donors (Lipinski definition) is 1. The number of Topliss-reactive ketones (excluding diaryl/α,β-unsaturated/α-hetero) is 1. The third kappa shape index (κ3) is 3.29. The first kappa shape index (κ1) is 22.9. The zero-order valence-corrected chi connectivity index (χ0v) is 20.8. The summed E-state index contributed by atoms with van der Waals surface area (Å²) in [4.78, 5) is 56.0. The Kier molecular flexibility index (Phi) is 5.23. The van der Waals surface area contributed by atoms with Crippen LogP contribution in [0, 0.1) is 24.7 Å². The smallest absolute Gasteiger partial charge is 0.234 e. The van der Waals surface area contributed by atoms with Crippen molar-refractivity contribution in [2.45, 2.75) is 39.2 Å². The SMILES string of the molecule is CC1=CC(=O)C2=C(CC3C(=CCC4C(=O)N(Cc5cccs5)C(=O)C43)C2c2ccc(O)c(C)c2)C1=O. The zero-order valence-electron chi connectivity index (χ0n) is 20.0. The topological polar surface area (TPSA) is 91.8 Å². The molecular formula is C29H25NO5S. The molecule has 4 unspecified atom stereocenters. The molecule has 2 aromatic rings. The Bertz CT molecular complexity index is 1440. The van der Waals surface area contributed by atoms with Gasteiger partial charge in [0.25, 0.3) is 0 Å². The molecule has 1 N–H and O–H groups in total. The average molecular weight is 500 g/mol. The van der Waals surface area contributed by atoms with Gasteiger partial charge in [0.1, 0.15) is 5.75 Å². The number of allylic oxidation sites excluding steroid dienone is 6. The van der Waals surface area contributed by atoms with Crippen LogP contribution in [0.2, 0.25) is 0 Å². The molecule has 2 heterocycles. The van der Waals surface area contributed by atoms with Crippen molar-refractivity contribution >= 4 is 34.7 Å². The monoisotopic (exact) mass is 499 g/mol. The minimum atomic E-state index is -0.554. The normalized spacial score (nSPS) is 27.6. The van der Waals surface area contributed by atoms with E-state index in [0.717, 1.165) is 16.0 Å². The van der Waals surface area contributed by atoms with Crippen LogP contribution in [-0.2, 0) is 25.7 Å². The fourth-order valence-corrected chi connectivity index (χ4v) is 7.09. The molecule has 1 aliphatic heterocycles. The number of nitrogens with zero attached hydrogens (tertiary/aromatic N) is 1. The molecule has 0 spiro atoms. The van der Waals surface area contributed by atoms with Crippen LogP contribution in [0.3, 0.4) is 0 Å². The van der Waals surface area contributed by atoms with Crippen molar-refractivity contribution in [1.82, 2.24) is 4.90 Å². The van der Waals surface area contributed by atoms with Crippen molar-refractivity contribution in [3.63, 3.8) is 0 Å². The number of aryl methyl sites for hydroxylation is 1. The van der Waals surface area contributed by atoms with Gasteiger partial charge in [0, 0.05) is 27.5 Å². The second kappa shape index (κ2) is 8.23. The minimum absolute atomic E-state index is 0.153. The Morgan fingerprint density at radius 1 is 1.06 bits per heavy atom. The summed E-state index contributed by atoms with van der Waals surface area (Å²) < 4.78 is 0. The lowest BCUT2D eigenvalue weighted by atomic mass is 9.59. The van der Waals surface area contributed by atoms with Gasteiger partial charge in [-0.2, -0.15) is 0 Å². The summed E-state index contributed by atoms with van der Waals surface area (Å²) in [6.07, 6.45) is 4.12. The van der Waals surface area contributed by atoms with Crippen LogP contribution in [0.25, 0.3) is 0 Å². The minimum Gasteiger partial charge on any atom is -0.508 e. The average Bonchev–Trinajstić information content (AvgIpc) is 3.46. The number of hydrogen-bond acceptors (Lipinski definition) is 6. The van der Waals surface area contributed by atoms with Gasteiger partial charge in [-0.15, -0.1) is 11.3 Å². The lowest BCUT2D eigenvalue weighted by Gasteiger charge is -2.42. The number of rotatable bonds is 3. The van der Waals surface area contributed by atoms with Crippen LogP contribution in [-0.4, -0.2) is 33.4 Å². The van der Waals surface area contributed by atoms with E-state index in [1.165, 1.54) is 22.3 Å². The number of fused-ring (bicyclic) bond motifs is 3. The zero-order chi connectivity index (χ0) is 25.3. The maximum atomic E-state index is 13.7. The first-order chi connectivity index (χ1) is 17.3. The van der Waals surface area contributed by atoms with E-state index in [1.807, 2.05) is 29.7 Å². The summed E-state index contributed by atoms with van der Waals surface area (Å²) in [6, 6.07) is 9.04. The van der Waals surface area contributed by atoms with Crippen molar-refractivity contribution in [1.29, 1.82) is 0 Å². The third-order valence-electron chi connectivity index (χ3n) is 8.10. The van der Waals surface area contributed by atoms with E-state index in [4.69, 9.17) is 0 Å². The van der Waals surface area contributed by atoms with Crippen molar-refractivity contribution in [2.24, 2.45) is 17.8 Å². The number of carbonyl (C=O) groups excluding carboxylic acids is 4. The van der Waals surface area contributed by atoms with Gasteiger partial charge in [-0.1, -0.05) is 29.8 Å². The fourth-order valence-electron chi connectivity index (χ4n) is 6.40. The lowest BCUT2D eigenvalue weighted by Crippen LogP contribution is -2.39. The highest BCUT2D eigenvalue weighted by molar-refractivity contribution is 7.09. The van der Waals surface area contributed by atoms with Crippen molar-refractivity contribution in [3.05, 3.63) is 86.2 Å². The maximum Gasteiger partial charge on any atom is 0.234 e. The number of ketones is 2. The Morgan fingerprint density at radius 2 is 1.86 bits per heavy atom. The van der Waals surface area contributed by atoms with E-state index in [1.54, 1.807) is 26.0 Å². The molecule has 36 heavy (non-hydrogen) atoms. The summed E-state index contributed by atoms with van der Waals surface area (Å²) in [6.45, 7) is 3.70. The molecule has 1 saturated heterocycles. The molecule has 0 bridgehead atoms. The first-order valence-electron chi connectivity index (χ1n) is 12.1. The van der Waals surface area contributed by atoms with Gasteiger partial charge in [0.2, 0.25) is 11.8 Å². The van der Waals surface area contributed by atoms with Gasteiger partial charge < -0.3 is 5.11 Å². The number of phenolic OH excluding ortho intramolecular Hbond substituents is 1. The van der Waals surface area contributed by atoms with Crippen molar-refractivity contribution in [2.75, 3.05) is 0 Å². The molecule has 2 amide bonds. The Labute approximate surface area is 212 Å². The fraction of sp³-hybridized carbons (Fsp3) is 0.310.